The van der Waals surface area contributed by atoms with Crippen molar-refractivity contribution in [2.24, 2.45) is 11.8 Å². The van der Waals surface area contributed by atoms with Gasteiger partial charge in [-0.1, -0.05) is 30.3 Å². The van der Waals surface area contributed by atoms with Crippen molar-refractivity contribution in [2.45, 2.75) is 89.2 Å². The number of amides is 3. The number of hydrogen-bond acceptors (Lipinski definition) is 7. The van der Waals surface area contributed by atoms with Gasteiger partial charge in [-0.05, 0) is 125 Å². The molecular weight excluding hydrogens is 709 g/mol. The monoisotopic (exact) mass is 758 g/mol. The molecule has 1 unspecified atom stereocenters. The Hall–Kier alpha value is -4.95. The number of alkyl carbamates (subject to hydrolysis) is 1. The molecule has 288 valence electrons. The Morgan fingerprint density at radius 1 is 0.926 bits per heavy atom. The molecule has 1 atom stereocenters. The number of hydrogen-bond donors (Lipinski definition) is 5. The third-order valence-corrected chi connectivity index (χ3v) is 12.1. The number of anilines is 1. The van der Waals surface area contributed by atoms with Crippen LogP contribution < -0.4 is 21.5 Å². The van der Waals surface area contributed by atoms with Crippen LogP contribution in [0.15, 0.2) is 70.4 Å². The molecule has 0 radical (unpaired) electrons. The molecule has 1 aromatic heterocycles. The smallest absolute Gasteiger partial charge is 0.407 e. The summed E-state index contributed by atoms with van der Waals surface area (Å²) in [5, 5.41) is 14.6. The summed E-state index contributed by atoms with van der Waals surface area (Å²) in [6, 6.07) is 16.8. The molecule has 2 fully saturated rings. The molecule has 1 saturated heterocycles. The summed E-state index contributed by atoms with van der Waals surface area (Å²) in [6.07, 6.45) is 4.22. The fourth-order valence-corrected chi connectivity index (χ4v) is 8.76. The zero-order chi connectivity index (χ0) is 38.6. The van der Waals surface area contributed by atoms with Gasteiger partial charge in [0, 0.05) is 37.7 Å². The second-order valence-electron chi connectivity index (χ2n) is 15.5. The molecule has 5 N–H and O–H groups in total. The minimum atomic E-state index is -3.59. The molecule has 1 aliphatic carbocycles. The van der Waals surface area contributed by atoms with E-state index in [0.717, 1.165) is 47.9 Å². The first-order chi connectivity index (χ1) is 25.7. The molecule has 1 aliphatic heterocycles. The van der Waals surface area contributed by atoms with E-state index in [-0.39, 0.29) is 34.6 Å². The van der Waals surface area contributed by atoms with Crippen LogP contribution in [0.2, 0.25) is 0 Å². The van der Waals surface area contributed by atoms with Gasteiger partial charge in [0.15, 0.2) is 0 Å². The van der Waals surface area contributed by atoms with Gasteiger partial charge < -0.3 is 20.7 Å². The number of aryl methyl sites for hydroxylation is 1. The van der Waals surface area contributed by atoms with E-state index in [0.29, 0.717) is 49.1 Å². The topological polar surface area (TPSA) is 183 Å². The number of aromatic amines is 2. The third-order valence-electron chi connectivity index (χ3n) is 10.2. The predicted octanol–water partition coefficient (Wildman–Crippen LogP) is 5.61. The highest BCUT2D eigenvalue weighted by atomic mass is 32.2. The highest BCUT2D eigenvalue weighted by Crippen LogP contribution is 2.31. The number of rotatable bonds is 11. The Morgan fingerprint density at radius 3 is 2.31 bits per heavy atom. The van der Waals surface area contributed by atoms with Crippen molar-refractivity contribution in [1.29, 1.82) is 0 Å². The molecule has 3 amide bonds. The van der Waals surface area contributed by atoms with E-state index in [1.807, 2.05) is 58.0 Å². The fourth-order valence-electron chi connectivity index (χ4n) is 7.22. The van der Waals surface area contributed by atoms with Crippen LogP contribution in [-0.4, -0.2) is 72.1 Å². The molecule has 1 saturated carbocycles. The van der Waals surface area contributed by atoms with Gasteiger partial charge >= 0.3 is 6.09 Å². The van der Waals surface area contributed by atoms with E-state index >= 15 is 0 Å². The van der Waals surface area contributed by atoms with E-state index < -0.39 is 33.7 Å². The van der Waals surface area contributed by atoms with Crippen molar-refractivity contribution in [2.75, 3.05) is 25.0 Å². The average molecular weight is 759 g/mol. The molecule has 2 aliphatic rings. The van der Waals surface area contributed by atoms with E-state index in [9.17, 15) is 27.6 Å². The fraction of sp³-hybridized carbons (Fsp3) is 0.450. The maximum absolute atomic E-state index is 13.8. The molecule has 0 bridgehead atoms. The van der Waals surface area contributed by atoms with Crippen LogP contribution in [0.4, 0.5) is 10.5 Å². The Labute approximate surface area is 315 Å². The summed E-state index contributed by atoms with van der Waals surface area (Å²) in [6.45, 7) is 8.91. The quantitative estimate of drug-likeness (QED) is 0.132. The maximum atomic E-state index is 13.8. The van der Waals surface area contributed by atoms with Crippen LogP contribution >= 0.6 is 0 Å². The van der Waals surface area contributed by atoms with Gasteiger partial charge in [0.05, 0.1) is 15.8 Å². The maximum Gasteiger partial charge on any atom is 0.407 e. The first kappa shape index (κ1) is 38.8. The van der Waals surface area contributed by atoms with Crippen molar-refractivity contribution in [3.63, 3.8) is 0 Å². The van der Waals surface area contributed by atoms with Crippen LogP contribution in [0.1, 0.15) is 70.4 Å². The van der Waals surface area contributed by atoms with Crippen LogP contribution in [0.3, 0.4) is 0 Å². The van der Waals surface area contributed by atoms with Crippen molar-refractivity contribution in [3.8, 4) is 11.1 Å². The third kappa shape index (κ3) is 9.40. The number of H-pyrrole nitrogens is 2. The number of aromatic nitrogens is 2. The predicted molar refractivity (Wildman–Crippen MR) is 207 cm³/mol. The molecular formula is C40H50N6O7S. The highest BCUT2D eigenvalue weighted by Gasteiger charge is 2.31. The van der Waals surface area contributed by atoms with E-state index in [1.54, 1.807) is 30.3 Å². The van der Waals surface area contributed by atoms with Gasteiger partial charge in [0.25, 0.3) is 5.56 Å². The Morgan fingerprint density at radius 2 is 1.63 bits per heavy atom. The van der Waals surface area contributed by atoms with Crippen molar-refractivity contribution >= 4 is 44.5 Å². The van der Waals surface area contributed by atoms with Crippen molar-refractivity contribution in [1.82, 2.24) is 25.1 Å². The number of fused-ring (bicyclic) bond motifs is 1. The lowest BCUT2D eigenvalue weighted by molar-refractivity contribution is -0.130. The number of carbonyl (C=O) groups is 3. The first-order valence-electron chi connectivity index (χ1n) is 18.6. The number of sulfonamides is 1. The lowest BCUT2D eigenvalue weighted by Crippen LogP contribution is -2.48. The zero-order valence-electron chi connectivity index (χ0n) is 31.3. The summed E-state index contributed by atoms with van der Waals surface area (Å²) in [7, 11) is -3.59. The molecule has 3 aromatic carbocycles. The number of nitrogens with zero attached hydrogens (tertiary/aromatic N) is 1. The van der Waals surface area contributed by atoms with Crippen LogP contribution in [-0.2, 0) is 30.8 Å². The summed E-state index contributed by atoms with van der Waals surface area (Å²) < 4.78 is 33.5. The lowest BCUT2D eigenvalue weighted by atomic mass is 9.81. The number of benzene rings is 3. The number of carbonyl (C=O) groups excluding carboxylic acids is 3. The number of nitrogens with one attached hydrogen (secondary N) is 5. The second-order valence-corrected chi connectivity index (χ2v) is 17.4. The van der Waals surface area contributed by atoms with Gasteiger partial charge in [-0.2, -0.15) is 4.31 Å². The molecule has 14 heteroatoms. The molecule has 6 rings (SSSR count). The van der Waals surface area contributed by atoms with Crippen LogP contribution in [0.5, 0.6) is 0 Å². The Balaban J connectivity index is 1.15. The molecule has 54 heavy (non-hydrogen) atoms. The summed E-state index contributed by atoms with van der Waals surface area (Å²) in [5.74, 6) is -0.676. The zero-order valence-corrected chi connectivity index (χ0v) is 32.1. The Bertz CT molecular complexity index is 2160. The average Bonchev–Trinajstić information content (AvgIpc) is 3.81. The standard InChI is InChI=1S/C40H50N6O7S/c1-25-7-17-31(54(51,52)46-19-5-6-20-46)23-33(25)28-12-8-26(9-13-28)21-35(38(49)42-30-16-18-32-34(22-30)44-45-37(32)48)43-36(47)29-14-10-27(11-15-29)24-41-39(50)53-40(2,3)4/h7-9,12-13,16-18,22-23,27,29,35H,5-6,10-11,14-15,19-21,24H2,1-4H3,(H,41,50)(H,42,49)(H,43,47)(H2,44,45,48). The SMILES string of the molecule is Cc1ccc(S(=O)(=O)N2CCCC2)cc1-c1ccc(CC(NC(=O)C2CCC(CNC(=O)OC(C)(C)C)CC2)C(=O)Nc2ccc3c(=O)[nH][nH]c3c2)cc1. The number of ether oxygens (including phenoxy) is 1. The van der Waals surface area contributed by atoms with Crippen LogP contribution in [0, 0.1) is 18.8 Å². The minimum absolute atomic E-state index is 0.206. The van der Waals surface area contributed by atoms with Gasteiger partial charge in [-0.3, -0.25) is 24.6 Å². The van der Waals surface area contributed by atoms with E-state index in [2.05, 4.69) is 26.1 Å². The normalized spacial score (nSPS) is 18.6. The van der Waals surface area contributed by atoms with Gasteiger partial charge in [-0.25, -0.2) is 13.2 Å². The summed E-state index contributed by atoms with van der Waals surface area (Å²) in [4.78, 5) is 51.9. The minimum Gasteiger partial charge on any atom is -0.444 e. The van der Waals surface area contributed by atoms with Gasteiger partial charge in [0.2, 0.25) is 21.8 Å². The van der Waals surface area contributed by atoms with Crippen molar-refractivity contribution in [3.05, 3.63) is 82.1 Å². The Kier molecular flexibility index (Phi) is 11.6. The summed E-state index contributed by atoms with van der Waals surface area (Å²) >= 11 is 0. The van der Waals surface area contributed by atoms with E-state index in [4.69, 9.17) is 4.74 Å². The highest BCUT2D eigenvalue weighted by molar-refractivity contribution is 7.89. The van der Waals surface area contributed by atoms with E-state index in [1.165, 1.54) is 4.31 Å². The largest absolute Gasteiger partial charge is 0.444 e. The summed E-state index contributed by atoms with van der Waals surface area (Å²) in [5.41, 5.74) is 3.55. The van der Waals surface area contributed by atoms with Gasteiger partial charge in [0.1, 0.15) is 11.6 Å². The second kappa shape index (κ2) is 16.2. The molecule has 4 aromatic rings. The lowest BCUT2D eigenvalue weighted by Gasteiger charge is -2.29. The molecule has 2 heterocycles. The van der Waals surface area contributed by atoms with Crippen molar-refractivity contribution < 1.29 is 27.5 Å². The van der Waals surface area contributed by atoms with Gasteiger partial charge in [-0.15, -0.1) is 0 Å². The molecule has 0 spiro atoms. The molecule has 13 nitrogen and oxygen atoms in total. The van der Waals surface area contributed by atoms with Crippen LogP contribution in [0.25, 0.3) is 22.0 Å². The first-order valence-corrected chi connectivity index (χ1v) is 20.1.